The SMILES string of the molecule is N#CC1(N)SCCN1c1ccc(C(F)(F)F)cc1[N+](=O)[O-]. The summed E-state index contributed by atoms with van der Waals surface area (Å²) in [6, 6.07) is 3.99. The van der Waals surface area contributed by atoms with E-state index in [1.807, 2.05) is 6.07 Å². The Kier molecular flexibility index (Phi) is 3.73. The van der Waals surface area contributed by atoms with Crippen LogP contribution in [-0.4, -0.2) is 22.2 Å². The van der Waals surface area contributed by atoms with Gasteiger partial charge < -0.3 is 4.90 Å². The van der Waals surface area contributed by atoms with Crippen LogP contribution in [0, 0.1) is 21.4 Å². The number of rotatable bonds is 2. The largest absolute Gasteiger partial charge is 0.416 e. The Hall–Kier alpha value is -1.99. The molecule has 2 rings (SSSR count). The Morgan fingerprint density at radius 3 is 2.71 bits per heavy atom. The zero-order chi connectivity index (χ0) is 15.8. The van der Waals surface area contributed by atoms with E-state index in [0.717, 1.165) is 23.9 Å². The first-order chi connectivity index (χ1) is 9.69. The van der Waals surface area contributed by atoms with Crippen molar-refractivity contribution in [2.45, 2.75) is 11.2 Å². The first-order valence-electron chi connectivity index (χ1n) is 5.66. The molecule has 1 aromatic carbocycles. The van der Waals surface area contributed by atoms with Crippen LogP contribution in [0.25, 0.3) is 0 Å². The molecule has 10 heteroatoms. The highest BCUT2D eigenvalue weighted by atomic mass is 32.2. The first-order valence-corrected chi connectivity index (χ1v) is 6.65. The molecule has 0 radical (unpaired) electrons. The molecule has 1 fully saturated rings. The van der Waals surface area contributed by atoms with Gasteiger partial charge >= 0.3 is 6.18 Å². The fourth-order valence-corrected chi connectivity index (χ4v) is 3.00. The molecule has 0 aromatic heterocycles. The van der Waals surface area contributed by atoms with Gasteiger partial charge in [-0.3, -0.25) is 15.8 Å². The lowest BCUT2D eigenvalue weighted by Gasteiger charge is -2.29. The molecule has 0 amide bonds. The summed E-state index contributed by atoms with van der Waals surface area (Å²) in [6.07, 6.45) is -4.68. The normalized spacial score (nSPS) is 22.1. The molecule has 21 heavy (non-hydrogen) atoms. The molecule has 112 valence electrons. The first kappa shape index (κ1) is 15.4. The lowest BCUT2D eigenvalue weighted by Crippen LogP contribution is -2.49. The summed E-state index contributed by atoms with van der Waals surface area (Å²) < 4.78 is 37.9. The van der Waals surface area contributed by atoms with Gasteiger partial charge in [-0.25, -0.2) is 0 Å². The van der Waals surface area contributed by atoms with E-state index < -0.39 is 27.3 Å². The Morgan fingerprint density at radius 2 is 2.19 bits per heavy atom. The van der Waals surface area contributed by atoms with Crippen molar-refractivity contribution in [3.8, 4) is 6.07 Å². The molecule has 1 aromatic rings. The van der Waals surface area contributed by atoms with Crippen molar-refractivity contribution in [1.29, 1.82) is 5.26 Å². The molecule has 0 spiro atoms. The van der Waals surface area contributed by atoms with Crippen LogP contribution >= 0.6 is 11.8 Å². The second-order valence-corrected chi connectivity index (χ2v) is 5.59. The van der Waals surface area contributed by atoms with E-state index in [1.165, 1.54) is 4.90 Å². The number of alkyl halides is 3. The zero-order valence-corrected chi connectivity index (χ0v) is 11.2. The summed E-state index contributed by atoms with van der Waals surface area (Å²) in [4.78, 5) is 9.85. The molecule has 1 aliphatic heterocycles. The molecule has 0 saturated carbocycles. The monoisotopic (exact) mass is 318 g/mol. The Labute approximate surface area is 121 Å². The fraction of sp³-hybridized carbons (Fsp3) is 0.364. The van der Waals surface area contributed by atoms with E-state index in [2.05, 4.69) is 0 Å². The number of nitro benzene ring substituents is 1. The van der Waals surface area contributed by atoms with Gasteiger partial charge in [-0.2, -0.15) is 18.4 Å². The summed E-state index contributed by atoms with van der Waals surface area (Å²) >= 11 is 1.08. The Balaban J connectivity index is 2.55. The second-order valence-electron chi connectivity index (χ2n) is 4.27. The summed E-state index contributed by atoms with van der Waals surface area (Å²) in [5.74, 6) is 0.447. The highest BCUT2D eigenvalue weighted by molar-refractivity contribution is 8.01. The van der Waals surface area contributed by atoms with Crippen molar-refractivity contribution in [3.05, 3.63) is 33.9 Å². The smallest absolute Gasteiger partial charge is 0.327 e. The van der Waals surface area contributed by atoms with Crippen molar-refractivity contribution in [3.63, 3.8) is 0 Å². The van der Waals surface area contributed by atoms with Crippen molar-refractivity contribution in [2.75, 3.05) is 17.2 Å². The zero-order valence-electron chi connectivity index (χ0n) is 10.4. The Morgan fingerprint density at radius 1 is 1.52 bits per heavy atom. The van der Waals surface area contributed by atoms with E-state index >= 15 is 0 Å². The van der Waals surface area contributed by atoms with Crippen molar-refractivity contribution >= 4 is 23.1 Å². The third-order valence-electron chi connectivity index (χ3n) is 2.99. The van der Waals surface area contributed by atoms with Crippen LogP contribution in [0.5, 0.6) is 0 Å². The van der Waals surface area contributed by atoms with Gasteiger partial charge in [0.1, 0.15) is 11.8 Å². The summed E-state index contributed by atoms with van der Waals surface area (Å²) in [7, 11) is 0. The summed E-state index contributed by atoms with van der Waals surface area (Å²) in [5.41, 5.74) is 3.87. The number of nitrogens with two attached hydrogens (primary N) is 1. The quantitative estimate of drug-likeness (QED) is 0.664. The average molecular weight is 318 g/mol. The van der Waals surface area contributed by atoms with E-state index in [4.69, 9.17) is 11.0 Å². The lowest BCUT2D eigenvalue weighted by molar-refractivity contribution is -0.384. The highest BCUT2D eigenvalue weighted by Gasteiger charge is 2.42. The molecule has 1 unspecified atom stereocenters. The third kappa shape index (κ3) is 2.74. The van der Waals surface area contributed by atoms with Crippen LogP contribution in [0.4, 0.5) is 24.5 Å². The third-order valence-corrected chi connectivity index (χ3v) is 4.13. The minimum absolute atomic E-state index is 0.0953. The maximum atomic E-state index is 12.6. The fourth-order valence-electron chi connectivity index (χ4n) is 2.00. The van der Waals surface area contributed by atoms with E-state index in [9.17, 15) is 23.3 Å². The van der Waals surface area contributed by atoms with Gasteiger partial charge in [-0.1, -0.05) is 0 Å². The van der Waals surface area contributed by atoms with Gasteiger partial charge in [0.25, 0.3) is 5.69 Å². The molecule has 1 atom stereocenters. The van der Waals surface area contributed by atoms with Crippen LogP contribution in [0.15, 0.2) is 18.2 Å². The highest BCUT2D eigenvalue weighted by Crippen LogP contribution is 2.42. The van der Waals surface area contributed by atoms with Gasteiger partial charge in [0.05, 0.1) is 10.5 Å². The molecule has 1 heterocycles. The van der Waals surface area contributed by atoms with Crippen LogP contribution in [-0.2, 0) is 6.18 Å². The number of nitrogens with zero attached hydrogens (tertiary/aromatic N) is 3. The number of hydrogen-bond acceptors (Lipinski definition) is 6. The number of nitriles is 1. The molecular weight excluding hydrogens is 309 g/mol. The predicted molar refractivity (Wildman–Crippen MR) is 70.4 cm³/mol. The Bertz CT molecular complexity index is 631. The van der Waals surface area contributed by atoms with E-state index in [-0.39, 0.29) is 12.2 Å². The van der Waals surface area contributed by atoms with Crippen molar-refractivity contribution < 1.29 is 18.1 Å². The predicted octanol–water partition coefficient (Wildman–Crippen LogP) is 2.30. The molecule has 0 bridgehead atoms. The minimum atomic E-state index is -4.68. The number of hydrogen-bond donors (Lipinski definition) is 1. The molecule has 1 aliphatic rings. The van der Waals surface area contributed by atoms with Gasteiger partial charge in [0.2, 0.25) is 4.99 Å². The van der Waals surface area contributed by atoms with E-state index in [0.29, 0.717) is 11.8 Å². The van der Waals surface area contributed by atoms with Crippen molar-refractivity contribution in [1.82, 2.24) is 0 Å². The molecule has 0 aliphatic carbocycles. The van der Waals surface area contributed by atoms with Crippen LogP contribution < -0.4 is 10.6 Å². The lowest BCUT2D eigenvalue weighted by atomic mass is 10.1. The average Bonchev–Trinajstić information content (AvgIpc) is 2.79. The number of thioether (sulfide) groups is 1. The summed E-state index contributed by atoms with van der Waals surface area (Å²) in [6.45, 7) is 0.237. The molecule has 2 N–H and O–H groups in total. The van der Waals surface area contributed by atoms with E-state index in [1.54, 1.807) is 0 Å². The van der Waals surface area contributed by atoms with Gasteiger partial charge in [-0.05, 0) is 12.1 Å². The maximum absolute atomic E-state index is 12.6. The topological polar surface area (TPSA) is 96.2 Å². The van der Waals surface area contributed by atoms with Gasteiger partial charge in [-0.15, -0.1) is 11.8 Å². The van der Waals surface area contributed by atoms with Crippen LogP contribution in [0.1, 0.15) is 5.56 Å². The number of halogens is 3. The molecular formula is C11H9F3N4O2S. The van der Waals surface area contributed by atoms with Crippen molar-refractivity contribution in [2.24, 2.45) is 5.73 Å². The van der Waals surface area contributed by atoms with Crippen LogP contribution in [0.3, 0.4) is 0 Å². The number of benzene rings is 1. The molecule has 6 nitrogen and oxygen atoms in total. The molecule has 1 saturated heterocycles. The van der Waals surface area contributed by atoms with Gasteiger partial charge in [0, 0.05) is 18.4 Å². The summed E-state index contributed by atoms with van der Waals surface area (Å²) in [5, 5.41) is 20.1. The maximum Gasteiger partial charge on any atom is 0.416 e. The standard InChI is InChI=1S/C11H9F3N4O2S/c12-11(13,14)7-1-2-8(9(5-7)18(19)20)17-3-4-21-10(17,16)6-15/h1-2,5H,3-4,16H2. The minimum Gasteiger partial charge on any atom is -0.327 e. The number of anilines is 1. The second kappa shape index (κ2) is 5.09. The van der Waals surface area contributed by atoms with Crippen LogP contribution in [0.2, 0.25) is 0 Å². The number of nitro groups is 1. The van der Waals surface area contributed by atoms with Gasteiger partial charge in [0.15, 0.2) is 0 Å².